The maximum absolute atomic E-state index is 5.50. The molecule has 0 radical (unpaired) electrons. The Hall–Kier alpha value is -1.55. The van der Waals surface area contributed by atoms with Gasteiger partial charge in [0.25, 0.3) is 0 Å². The zero-order valence-corrected chi connectivity index (χ0v) is 10.7. The standard InChI is InChI=1S/C14H19N3O/c1-11-9-16-17(10-11)7-6-15-13-3-2-4-14-12(13)5-8-18-14/h5,8-10,13,15H,2-4,6-7H2,1H3. The van der Waals surface area contributed by atoms with E-state index in [0.717, 1.165) is 25.3 Å². The SMILES string of the molecule is Cc1cnn(CCNC2CCCc3occc32)c1. The van der Waals surface area contributed by atoms with Crippen molar-refractivity contribution in [2.75, 3.05) is 6.54 Å². The first-order chi connectivity index (χ1) is 8.83. The van der Waals surface area contributed by atoms with Gasteiger partial charge in [0.1, 0.15) is 5.76 Å². The molecule has 4 nitrogen and oxygen atoms in total. The predicted octanol–water partition coefficient (Wildman–Crippen LogP) is 2.45. The van der Waals surface area contributed by atoms with Crippen molar-refractivity contribution in [1.82, 2.24) is 15.1 Å². The van der Waals surface area contributed by atoms with Crippen LogP contribution in [-0.4, -0.2) is 16.3 Å². The maximum atomic E-state index is 5.50. The lowest BCUT2D eigenvalue weighted by molar-refractivity contribution is 0.402. The monoisotopic (exact) mass is 245 g/mol. The first-order valence-corrected chi connectivity index (χ1v) is 6.61. The molecular weight excluding hydrogens is 226 g/mol. The minimum Gasteiger partial charge on any atom is -0.469 e. The Morgan fingerprint density at radius 3 is 3.33 bits per heavy atom. The third-order valence-corrected chi connectivity index (χ3v) is 3.55. The Labute approximate surface area is 107 Å². The van der Waals surface area contributed by atoms with Gasteiger partial charge in [-0.2, -0.15) is 5.10 Å². The molecule has 0 fully saturated rings. The summed E-state index contributed by atoms with van der Waals surface area (Å²) in [6, 6.07) is 2.55. The quantitative estimate of drug-likeness (QED) is 0.899. The van der Waals surface area contributed by atoms with Gasteiger partial charge in [0.05, 0.1) is 19.0 Å². The van der Waals surface area contributed by atoms with Gasteiger partial charge in [-0.3, -0.25) is 4.68 Å². The molecule has 0 bridgehead atoms. The third-order valence-electron chi connectivity index (χ3n) is 3.55. The van der Waals surface area contributed by atoms with E-state index in [1.807, 2.05) is 17.1 Å². The number of fused-ring (bicyclic) bond motifs is 1. The second kappa shape index (κ2) is 4.98. The molecule has 3 rings (SSSR count). The number of aryl methyl sites for hydroxylation is 2. The van der Waals surface area contributed by atoms with Crippen LogP contribution < -0.4 is 5.32 Å². The van der Waals surface area contributed by atoms with Crippen LogP contribution in [0.3, 0.4) is 0 Å². The lowest BCUT2D eigenvalue weighted by Crippen LogP contribution is -2.27. The van der Waals surface area contributed by atoms with E-state index < -0.39 is 0 Å². The highest BCUT2D eigenvalue weighted by Gasteiger charge is 2.21. The summed E-state index contributed by atoms with van der Waals surface area (Å²) >= 11 is 0. The van der Waals surface area contributed by atoms with E-state index in [1.54, 1.807) is 0 Å². The molecule has 2 heterocycles. The number of hydrogen-bond acceptors (Lipinski definition) is 3. The minimum absolute atomic E-state index is 0.448. The number of hydrogen-bond donors (Lipinski definition) is 1. The Morgan fingerprint density at radius 2 is 2.50 bits per heavy atom. The molecule has 0 amide bonds. The first-order valence-electron chi connectivity index (χ1n) is 6.61. The van der Waals surface area contributed by atoms with Gasteiger partial charge in [-0.25, -0.2) is 0 Å². The zero-order chi connectivity index (χ0) is 12.4. The van der Waals surface area contributed by atoms with Gasteiger partial charge in [0.2, 0.25) is 0 Å². The van der Waals surface area contributed by atoms with E-state index in [0.29, 0.717) is 6.04 Å². The van der Waals surface area contributed by atoms with Crippen LogP contribution in [-0.2, 0) is 13.0 Å². The zero-order valence-electron chi connectivity index (χ0n) is 10.7. The lowest BCUT2D eigenvalue weighted by Gasteiger charge is -2.22. The van der Waals surface area contributed by atoms with E-state index in [2.05, 4.69) is 29.6 Å². The number of nitrogens with zero attached hydrogens (tertiary/aromatic N) is 2. The largest absolute Gasteiger partial charge is 0.469 e. The highest BCUT2D eigenvalue weighted by Crippen LogP contribution is 2.30. The summed E-state index contributed by atoms with van der Waals surface area (Å²) in [7, 11) is 0. The van der Waals surface area contributed by atoms with E-state index in [9.17, 15) is 0 Å². The second-order valence-corrected chi connectivity index (χ2v) is 4.98. The lowest BCUT2D eigenvalue weighted by atomic mass is 9.93. The van der Waals surface area contributed by atoms with Crippen molar-refractivity contribution < 1.29 is 4.42 Å². The normalized spacial score (nSPS) is 18.8. The Bertz CT molecular complexity index is 515. The number of furan rings is 1. The first kappa shape index (κ1) is 11.5. The van der Waals surface area contributed by atoms with E-state index in [-0.39, 0.29) is 0 Å². The topological polar surface area (TPSA) is 43.0 Å². The van der Waals surface area contributed by atoms with Crippen LogP contribution in [0, 0.1) is 6.92 Å². The van der Waals surface area contributed by atoms with E-state index in [4.69, 9.17) is 4.42 Å². The van der Waals surface area contributed by atoms with Gasteiger partial charge >= 0.3 is 0 Å². The van der Waals surface area contributed by atoms with Crippen molar-refractivity contribution in [1.29, 1.82) is 0 Å². The fourth-order valence-corrected chi connectivity index (χ4v) is 2.64. The molecule has 0 saturated carbocycles. The van der Waals surface area contributed by atoms with Crippen LogP contribution in [0.4, 0.5) is 0 Å². The van der Waals surface area contributed by atoms with Crippen LogP contribution in [0.1, 0.15) is 35.8 Å². The fourth-order valence-electron chi connectivity index (χ4n) is 2.64. The average Bonchev–Trinajstić information content (AvgIpc) is 2.98. The van der Waals surface area contributed by atoms with Crippen molar-refractivity contribution in [2.45, 2.75) is 38.8 Å². The van der Waals surface area contributed by atoms with Crippen molar-refractivity contribution in [3.8, 4) is 0 Å². The highest BCUT2D eigenvalue weighted by molar-refractivity contribution is 5.23. The third kappa shape index (κ3) is 2.34. The van der Waals surface area contributed by atoms with Gasteiger partial charge in [0, 0.05) is 30.8 Å². The molecule has 1 aliphatic rings. The highest BCUT2D eigenvalue weighted by atomic mass is 16.3. The van der Waals surface area contributed by atoms with Gasteiger partial charge in [-0.15, -0.1) is 0 Å². The summed E-state index contributed by atoms with van der Waals surface area (Å²) in [4.78, 5) is 0. The minimum atomic E-state index is 0.448. The molecule has 2 aromatic heterocycles. The summed E-state index contributed by atoms with van der Waals surface area (Å²) < 4.78 is 7.48. The second-order valence-electron chi connectivity index (χ2n) is 4.98. The molecular formula is C14H19N3O. The van der Waals surface area contributed by atoms with Crippen LogP contribution in [0.5, 0.6) is 0 Å². The van der Waals surface area contributed by atoms with Gasteiger partial charge in [0.15, 0.2) is 0 Å². The summed E-state index contributed by atoms with van der Waals surface area (Å²) in [5, 5.41) is 7.89. The molecule has 0 saturated heterocycles. The molecule has 1 unspecified atom stereocenters. The van der Waals surface area contributed by atoms with Crippen molar-refractivity contribution in [3.63, 3.8) is 0 Å². The van der Waals surface area contributed by atoms with Crippen LogP contribution in [0.15, 0.2) is 29.1 Å². The summed E-state index contributed by atoms with van der Waals surface area (Å²) in [5.74, 6) is 1.16. The molecule has 1 aliphatic carbocycles. The molecule has 0 aromatic carbocycles. The van der Waals surface area contributed by atoms with Crippen LogP contribution in [0.25, 0.3) is 0 Å². The van der Waals surface area contributed by atoms with E-state index >= 15 is 0 Å². The number of nitrogens with one attached hydrogen (secondary N) is 1. The molecule has 2 aromatic rings. The van der Waals surface area contributed by atoms with Crippen molar-refractivity contribution >= 4 is 0 Å². The van der Waals surface area contributed by atoms with Crippen molar-refractivity contribution in [2.24, 2.45) is 0 Å². The Morgan fingerprint density at radius 1 is 1.56 bits per heavy atom. The van der Waals surface area contributed by atoms with Gasteiger partial charge in [-0.1, -0.05) is 0 Å². The smallest absolute Gasteiger partial charge is 0.108 e. The summed E-state index contributed by atoms with van der Waals surface area (Å²) in [6.07, 6.45) is 9.27. The number of rotatable bonds is 4. The average molecular weight is 245 g/mol. The number of aromatic nitrogens is 2. The summed E-state index contributed by atoms with van der Waals surface area (Å²) in [5.41, 5.74) is 2.56. The Balaban J connectivity index is 1.55. The molecule has 0 spiro atoms. The molecule has 18 heavy (non-hydrogen) atoms. The van der Waals surface area contributed by atoms with Gasteiger partial charge in [-0.05, 0) is 31.4 Å². The summed E-state index contributed by atoms with van der Waals surface area (Å²) in [6.45, 7) is 3.92. The molecule has 4 heteroatoms. The van der Waals surface area contributed by atoms with Crippen LogP contribution >= 0.6 is 0 Å². The fraction of sp³-hybridized carbons (Fsp3) is 0.500. The maximum Gasteiger partial charge on any atom is 0.108 e. The van der Waals surface area contributed by atoms with Gasteiger partial charge < -0.3 is 9.73 Å². The molecule has 96 valence electrons. The molecule has 1 atom stereocenters. The molecule has 1 N–H and O–H groups in total. The predicted molar refractivity (Wildman–Crippen MR) is 69.4 cm³/mol. The van der Waals surface area contributed by atoms with E-state index in [1.165, 1.54) is 24.0 Å². The van der Waals surface area contributed by atoms with Crippen LogP contribution in [0.2, 0.25) is 0 Å². The molecule has 0 aliphatic heterocycles. The Kier molecular flexibility index (Phi) is 3.19. The van der Waals surface area contributed by atoms with Crippen molar-refractivity contribution in [3.05, 3.63) is 41.6 Å².